The molecule has 2 N–H and O–H groups in total. The van der Waals surface area contributed by atoms with Gasteiger partial charge < -0.3 is 9.57 Å². The third-order valence-electron chi connectivity index (χ3n) is 1.62. The van der Waals surface area contributed by atoms with Crippen LogP contribution in [0.1, 0.15) is 5.56 Å². The summed E-state index contributed by atoms with van der Waals surface area (Å²) in [6, 6.07) is 1.70. The van der Waals surface area contributed by atoms with E-state index in [1.165, 1.54) is 0 Å². The van der Waals surface area contributed by atoms with Gasteiger partial charge >= 0.3 is 0 Å². The molecule has 0 unspecified atom stereocenters. The van der Waals surface area contributed by atoms with Crippen molar-refractivity contribution >= 4 is 11.6 Å². The Balaban J connectivity index is 2.87. The third kappa shape index (κ3) is 2.55. The van der Waals surface area contributed by atoms with Crippen molar-refractivity contribution in [1.82, 2.24) is 4.98 Å². The number of methoxy groups -OCH3 is 1. The Labute approximate surface area is 81.6 Å². The fourth-order valence-electron chi connectivity index (χ4n) is 1.01. The van der Waals surface area contributed by atoms with E-state index in [9.17, 15) is 0 Å². The zero-order valence-electron chi connectivity index (χ0n) is 7.29. The van der Waals surface area contributed by atoms with Gasteiger partial charge in [-0.25, -0.2) is 10.9 Å². The summed E-state index contributed by atoms with van der Waals surface area (Å²) in [6.45, 7) is 0.391. The molecule has 1 aromatic rings. The van der Waals surface area contributed by atoms with Crippen LogP contribution in [0.3, 0.4) is 0 Å². The van der Waals surface area contributed by atoms with Gasteiger partial charge in [-0.1, -0.05) is 11.6 Å². The summed E-state index contributed by atoms with van der Waals surface area (Å²) in [5.41, 5.74) is 0.817. The second-order valence-corrected chi connectivity index (χ2v) is 2.81. The first-order chi connectivity index (χ1) is 6.29. The zero-order chi connectivity index (χ0) is 9.68. The SMILES string of the molecule is COc1nccc(Cl)c1CCON. The topological polar surface area (TPSA) is 57.4 Å². The van der Waals surface area contributed by atoms with Crippen LogP contribution in [0.5, 0.6) is 5.88 Å². The molecule has 0 bridgehead atoms. The van der Waals surface area contributed by atoms with Crippen molar-refractivity contribution in [2.45, 2.75) is 6.42 Å². The molecule has 0 amide bonds. The molecule has 0 saturated heterocycles. The predicted octanol–water partition coefficient (Wildman–Crippen LogP) is 1.18. The Kier molecular flexibility index (Phi) is 3.95. The van der Waals surface area contributed by atoms with Crippen molar-refractivity contribution in [1.29, 1.82) is 0 Å². The molecule has 72 valence electrons. The maximum Gasteiger partial charge on any atom is 0.217 e. The lowest BCUT2D eigenvalue weighted by molar-refractivity contribution is 0.140. The number of hydrogen-bond acceptors (Lipinski definition) is 4. The van der Waals surface area contributed by atoms with E-state index in [1.54, 1.807) is 19.4 Å². The standard InChI is InChI=1S/C8H11ClN2O2/c1-12-8-6(3-5-13-10)7(9)2-4-11-8/h2,4H,3,5,10H2,1H3. The van der Waals surface area contributed by atoms with Crippen molar-refractivity contribution < 1.29 is 9.57 Å². The average Bonchev–Trinajstić information content (AvgIpc) is 2.15. The minimum absolute atomic E-state index is 0.391. The van der Waals surface area contributed by atoms with E-state index in [0.717, 1.165) is 5.56 Å². The molecule has 0 saturated carbocycles. The van der Waals surface area contributed by atoms with Crippen LogP contribution in [-0.2, 0) is 11.3 Å². The fourth-order valence-corrected chi connectivity index (χ4v) is 1.25. The summed E-state index contributed by atoms with van der Waals surface area (Å²) < 4.78 is 5.03. The van der Waals surface area contributed by atoms with E-state index in [0.29, 0.717) is 23.9 Å². The lowest BCUT2D eigenvalue weighted by atomic mass is 10.2. The molecule has 0 aliphatic heterocycles. The van der Waals surface area contributed by atoms with Crippen LogP contribution in [0.15, 0.2) is 12.3 Å². The molecule has 1 aromatic heterocycles. The largest absolute Gasteiger partial charge is 0.481 e. The van der Waals surface area contributed by atoms with Gasteiger partial charge in [0.25, 0.3) is 0 Å². The molecule has 0 atom stereocenters. The second-order valence-electron chi connectivity index (χ2n) is 2.40. The van der Waals surface area contributed by atoms with Gasteiger partial charge in [0.15, 0.2) is 0 Å². The van der Waals surface area contributed by atoms with Crippen LogP contribution >= 0.6 is 11.6 Å². The summed E-state index contributed by atoms with van der Waals surface area (Å²) in [7, 11) is 1.55. The summed E-state index contributed by atoms with van der Waals surface area (Å²) >= 11 is 5.93. The zero-order valence-corrected chi connectivity index (χ0v) is 8.04. The predicted molar refractivity (Wildman–Crippen MR) is 49.6 cm³/mol. The lowest BCUT2D eigenvalue weighted by Crippen LogP contribution is -2.06. The van der Waals surface area contributed by atoms with Crippen LogP contribution in [0, 0.1) is 0 Å². The second kappa shape index (κ2) is 5.01. The smallest absolute Gasteiger partial charge is 0.217 e. The van der Waals surface area contributed by atoms with Gasteiger partial charge in [0.2, 0.25) is 5.88 Å². The monoisotopic (exact) mass is 202 g/mol. The lowest BCUT2D eigenvalue weighted by Gasteiger charge is -2.07. The maximum absolute atomic E-state index is 5.93. The van der Waals surface area contributed by atoms with Crippen LogP contribution < -0.4 is 10.6 Å². The van der Waals surface area contributed by atoms with Gasteiger partial charge in [-0.05, 0) is 6.07 Å². The minimum atomic E-state index is 0.391. The molecule has 13 heavy (non-hydrogen) atoms. The van der Waals surface area contributed by atoms with E-state index in [2.05, 4.69) is 9.82 Å². The molecule has 0 aliphatic carbocycles. The Morgan fingerprint density at radius 2 is 2.38 bits per heavy atom. The molecular formula is C8H11ClN2O2. The average molecular weight is 203 g/mol. The van der Waals surface area contributed by atoms with Gasteiger partial charge in [-0.3, -0.25) is 0 Å². The third-order valence-corrected chi connectivity index (χ3v) is 1.98. The van der Waals surface area contributed by atoms with E-state index in [1.807, 2.05) is 0 Å². The molecule has 5 heteroatoms. The Morgan fingerprint density at radius 3 is 3.00 bits per heavy atom. The van der Waals surface area contributed by atoms with Gasteiger partial charge in [-0.2, -0.15) is 0 Å². The quantitative estimate of drug-likeness (QED) is 0.745. The van der Waals surface area contributed by atoms with Crippen molar-refractivity contribution in [2.24, 2.45) is 5.90 Å². The molecule has 1 heterocycles. The van der Waals surface area contributed by atoms with E-state index in [4.69, 9.17) is 22.2 Å². The summed E-state index contributed by atoms with van der Waals surface area (Å²) in [5.74, 6) is 5.43. The normalized spacial score (nSPS) is 10.1. The van der Waals surface area contributed by atoms with Crippen molar-refractivity contribution in [3.63, 3.8) is 0 Å². The highest BCUT2D eigenvalue weighted by Crippen LogP contribution is 2.23. The van der Waals surface area contributed by atoms with Crippen molar-refractivity contribution in [3.8, 4) is 5.88 Å². The first-order valence-corrected chi connectivity index (χ1v) is 4.16. The number of halogens is 1. The van der Waals surface area contributed by atoms with Crippen LogP contribution in [0.4, 0.5) is 0 Å². The highest BCUT2D eigenvalue weighted by atomic mass is 35.5. The van der Waals surface area contributed by atoms with Crippen LogP contribution in [0.2, 0.25) is 5.02 Å². The minimum Gasteiger partial charge on any atom is -0.481 e. The molecule has 0 fully saturated rings. The first kappa shape index (κ1) is 10.2. The number of hydrogen-bond donors (Lipinski definition) is 1. The number of pyridine rings is 1. The highest BCUT2D eigenvalue weighted by Gasteiger charge is 2.07. The fraction of sp³-hybridized carbons (Fsp3) is 0.375. The van der Waals surface area contributed by atoms with Crippen LogP contribution in [0.25, 0.3) is 0 Å². The number of nitrogens with zero attached hydrogens (tertiary/aromatic N) is 1. The first-order valence-electron chi connectivity index (χ1n) is 3.78. The molecular weight excluding hydrogens is 192 g/mol. The maximum atomic E-state index is 5.93. The summed E-state index contributed by atoms with van der Waals surface area (Å²) in [6.07, 6.45) is 2.18. The molecule has 0 spiro atoms. The van der Waals surface area contributed by atoms with Gasteiger partial charge in [0.05, 0.1) is 18.7 Å². The summed E-state index contributed by atoms with van der Waals surface area (Å²) in [4.78, 5) is 8.47. The number of rotatable bonds is 4. The molecule has 0 aromatic carbocycles. The Hall–Kier alpha value is -0.840. The van der Waals surface area contributed by atoms with Gasteiger partial charge in [-0.15, -0.1) is 0 Å². The Morgan fingerprint density at radius 1 is 1.62 bits per heavy atom. The summed E-state index contributed by atoms with van der Waals surface area (Å²) in [5, 5.41) is 0.615. The Bertz CT molecular complexity index is 281. The molecule has 4 nitrogen and oxygen atoms in total. The van der Waals surface area contributed by atoms with Gasteiger partial charge in [0, 0.05) is 18.2 Å². The van der Waals surface area contributed by atoms with Crippen molar-refractivity contribution in [3.05, 3.63) is 22.8 Å². The number of aromatic nitrogens is 1. The van der Waals surface area contributed by atoms with Crippen molar-refractivity contribution in [2.75, 3.05) is 13.7 Å². The molecule has 1 rings (SSSR count). The van der Waals surface area contributed by atoms with E-state index < -0.39 is 0 Å². The van der Waals surface area contributed by atoms with E-state index >= 15 is 0 Å². The highest BCUT2D eigenvalue weighted by molar-refractivity contribution is 6.31. The molecule has 0 aliphatic rings. The van der Waals surface area contributed by atoms with Gasteiger partial charge in [0.1, 0.15) is 0 Å². The number of ether oxygens (including phenoxy) is 1. The number of nitrogens with two attached hydrogens (primary N) is 1. The van der Waals surface area contributed by atoms with E-state index in [-0.39, 0.29) is 0 Å². The van der Waals surface area contributed by atoms with Crippen LogP contribution in [-0.4, -0.2) is 18.7 Å². The molecule has 0 radical (unpaired) electrons.